The number of benzene rings is 2. The zero-order valence-electron chi connectivity index (χ0n) is 12.3. The second-order valence-corrected chi connectivity index (χ2v) is 4.94. The van der Waals surface area contributed by atoms with E-state index in [1.54, 1.807) is 6.92 Å². The monoisotopic (exact) mass is 268 g/mol. The molecule has 104 valence electrons. The summed E-state index contributed by atoms with van der Waals surface area (Å²) in [5.74, 6) is 0.892. The molecule has 0 bridgehead atoms. The van der Waals surface area contributed by atoms with Crippen molar-refractivity contribution in [3.05, 3.63) is 64.7 Å². The standard InChI is InChI=1S/C18H20O2/c1-4-15-7-5-6-8-16(15)12-20-17-9-10-18(14(3)19)13(2)11-17/h5-11H,4,12H2,1-3H3. The Balaban J connectivity index is 2.11. The summed E-state index contributed by atoms with van der Waals surface area (Å²) in [6.07, 6.45) is 1.00. The van der Waals surface area contributed by atoms with Gasteiger partial charge in [0.25, 0.3) is 0 Å². The van der Waals surface area contributed by atoms with Gasteiger partial charge >= 0.3 is 0 Å². The van der Waals surface area contributed by atoms with Crippen LogP contribution in [0.3, 0.4) is 0 Å². The fourth-order valence-electron chi connectivity index (χ4n) is 2.33. The van der Waals surface area contributed by atoms with Crippen LogP contribution in [0.2, 0.25) is 0 Å². The Hall–Kier alpha value is -2.09. The number of carbonyl (C=O) groups excluding carboxylic acids is 1. The Morgan fingerprint density at radius 1 is 1.10 bits per heavy atom. The topological polar surface area (TPSA) is 26.3 Å². The van der Waals surface area contributed by atoms with Crippen molar-refractivity contribution in [2.75, 3.05) is 0 Å². The maximum Gasteiger partial charge on any atom is 0.160 e. The summed E-state index contributed by atoms with van der Waals surface area (Å²) in [6, 6.07) is 13.9. The fourth-order valence-corrected chi connectivity index (χ4v) is 2.33. The summed E-state index contributed by atoms with van der Waals surface area (Å²) < 4.78 is 5.84. The molecule has 2 rings (SSSR count). The predicted octanol–water partition coefficient (Wildman–Crippen LogP) is 4.34. The number of ketones is 1. The van der Waals surface area contributed by atoms with Crippen molar-refractivity contribution in [3.63, 3.8) is 0 Å². The third-order valence-electron chi connectivity index (χ3n) is 3.47. The van der Waals surface area contributed by atoms with E-state index in [0.29, 0.717) is 6.61 Å². The third kappa shape index (κ3) is 3.27. The van der Waals surface area contributed by atoms with Crippen LogP contribution in [0.5, 0.6) is 5.75 Å². The molecule has 2 nitrogen and oxygen atoms in total. The van der Waals surface area contributed by atoms with Crippen LogP contribution < -0.4 is 4.74 Å². The first-order valence-electron chi connectivity index (χ1n) is 6.93. The molecule has 0 aliphatic rings. The van der Waals surface area contributed by atoms with Crippen LogP contribution in [0.1, 0.15) is 40.9 Å². The number of ether oxygens (including phenoxy) is 1. The molecule has 0 aliphatic heterocycles. The van der Waals surface area contributed by atoms with E-state index < -0.39 is 0 Å². The number of Topliss-reactive ketones (excluding diaryl/α,β-unsaturated/α-hetero) is 1. The molecule has 0 radical (unpaired) electrons. The Morgan fingerprint density at radius 2 is 1.80 bits per heavy atom. The minimum Gasteiger partial charge on any atom is -0.489 e. The molecule has 0 fully saturated rings. The summed E-state index contributed by atoms with van der Waals surface area (Å²) >= 11 is 0. The molecule has 0 atom stereocenters. The maximum absolute atomic E-state index is 11.4. The van der Waals surface area contributed by atoms with E-state index >= 15 is 0 Å². The number of aryl methyl sites for hydroxylation is 2. The molecule has 0 saturated heterocycles. The highest BCUT2D eigenvalue weighted by Gasteiger charge is 2.06. The Kier molecular flexibility index (Phi) is 4.57. The summed E-state index contributed by atoms with van der Waals surface area (Å²) in [5.41, 5.74) is 4.23. The van der Waals surface area contributed by atoms with Gasteiger partial charge in [-0.2, -0.15) is 0 Å². The summed E-state index contributed by atoms with van der Waals surface area (Å²) in [7, 11) is 0. The van der Waals surface area contributed by atoms with Crippen LogP contribution in [0, 0.1) is 6.92 Å². The predicted molar refractivity (Wildman–Crippen MR) is 81.3 cm³/mol. The molecule has 0 N–H and O–H groups in total. The van der Waals surface area contributed by atoms with Crippen LogP contribution >= 0.6 is 0 Å². The first-order valence-corrected chi connectivity index (χ1v) is 6.93. The Morgan fingerprint density at radius 3 is 2.40 bits per heavy atom. The van der Waals surface area contributed by atoms with Gasteiger partial charge in [0.05, 0.1) is 0 Å². The molecule has 2 heteroatoms. The fraction of sp³-hybridized carbons (Fsp3) is 0.278. The zero-order valence-corrected chi connectivity index (χ0v) is 12.3. The van der Waals surface area contributed by atoms with E-state index in [-0.39, 0.29) is 5.78 Å². The van der Waals surface area contributed by atoms with E-state index in [0.717, 1.165) is 23.3 Å². The van der Waals surface area contributed by atoms with E-state index in [2.05, 4.69) is 19.1 Å². The van der Waals surface area contributed by atoms with Gasteiger partial charge in [-0.1, -0.05) is 31.2 Å². The van der Waals surface area contributed by atoms with Crippen LogP contribution in [0.4, 0.5) is 0 Å². The minimum absolute atomic E-state index is 0.0883. The molecule has 2 aromatic carbocycles. The molecular weight excluding hydrogens is 248 g/mol. The Labute approximate surface area is 120 Å². The highest BCUT2D eigenvalue weighted by molar-refractivity contribution is 5.95. The summed E-state index contributed by atoms with van der Waals surface area (Å²) in [5, 5.41) is 0. The van der Waals surface area contributed by atoms with Gasteiger partial charge in [0.1, 0.15) is 12.4 Å². The first-order chi connectivity index (χ1) is 9.61. The molecular formula is C18H20O2. The van der Waals surface area contributed by atoms with E-state index in [1.807, 2.05) is 37.3 Å². The summed E-state index contributed by atoms with van der Waals surface area (Å²) in [6.45, 7) is 6.22. The van der Waals surface area contributed by atoms with Gasteiger partial charge in [-0.25, -0.2) is 0 Å². The van der Waals surface area contributed by atoms with Crippen molar-refractivity contribution in [1.29, 1.82) is 0 Å². The van der Waals surface area contributed by atoms with Gasteiger partial charge in [-0.15, -0.1) is 0 Å². The van der Waals surface area contributed by atoms with Gasteiger partial charge in [-0.05, 0) is 55.2 Å². The molecule has 0 heterocycles. The highest BCUT2D eigenvalue weighted by atomic mass is 16.5. The molecule has 0 amide bonds. The van der Waals surface area contributed by atoms with Crippen LogP contribution in [0.15, 0.2) is 42.5 Å². The normalized spacial score (nSPS) is 10.3. The van der Waals surface area contributed by atoms with Crippen LogP contribution in [0.25, 0.3) is 0 Å². The van der Waals surface area contributed by atoms with Crippen LogP contribution in [-0.2, 0) is 13.0 Å². The van der Waals surface area contributed by atoms with Crippen LogP contribution in [-0.4, -0.2) is 5.78 Å². The van der Waals surface area contributed by atoms with E-state index in [1.165, 1.54) is 11.1 Å². The lowest BCUT2D eigenvalue weighted by molar-refractivity contribution is 0.101. The van der Waals surface area contributed by atoms with Crippen molar-refractivity contribution in [2.45, 2.75) is 33.8 Å². The highest BCUT2D eigenvalue weighted by Crippen LogP contribution is 2.20. The van der Waals surface area contributed by atoms with Gasteiger partial charge in [0.2, 0.25) is 0 Å². The third-order valence-corrected chi connectivity index (χ3v) is 3.47. The minimum atomic E-state index is 0.0883. The lowest BCUT2D eigenvalue weighted by atomic mass is 10.1. The number of carbonyl (C=O) groups is 1. The molecule has 0 aromatic heterocycles. The quantitative estimate of drug-likeness (QED) is 0.754. The largest absolute Gasteiger partial charge is 0.489 e. The molecule has 0 saturated carbocycles. The maximum atomic E-state index is 11.4. The average molecular weight is 268 g/mol. The molecule has 0 spiro atoms. The lowest BCUT2D eigenvalue weighted by Crippen LogP contribution is -2.01. The van der Waals surface area contributed by atoms with Crippen molar-refractivity contribution >= 4 is 5.78 Å². The van der Waals surface area contributed by atoms with Gasteiger partial charge in [0, 0.05) is 5.56 Å². The zero-order chi connectivity index (χ0) is 14.5. The SMILES string of the molecule is CCc1ccccc1COc1ccc(C(C)=O)c(C)c1. The molecule has 0 aliphatic carbocycles. The van der Waals surface area contributed by atoms with Crippen molar-refractivity contribution in [2.24, 2.45) is 0 Å². The molecule has 0 unspecified atom stereocenters. The van der Waals surface area contributed by atoms with Gasteiger partial charge in [0.15, 0.2) is 5.78 Å². The first kappa shape index (κ1) is 14.3. The number of hydrogen-bond acceptors (Lipinski definition) is 2. The van der Waals surface area contributed by atoms with Crippen molar-refractivity contribution in [1.82, 2.24) is 0 Å². The Bertz CT molecular complexity index is 615. The summed E-state index contributed by atoms with van der Waals surface area (Å²) in [4.78, 5) is 11.4. The van der Waals surface area contributed by atoms with Crippen molar-refractivity contribution < 1.29 is 9.53 Å². The van der Waals surface area contributed by atoms with E-state index in [4.69, 9.17) is 4.74 Å². The molecule has 20 heavy (non-hydrogen) atoms. The van der Waals surface area contributed by atoms with Gasteiger partial charge in [-0.3, -0.25) is 4.79 Å². The average Bonchev–Trinajstić information content (AvgIpc) is 2.45. The smallest absolute Gasteiger partial charge is 0.160 e. The molecule has 2 aromatic rings. The number of rotatable bonds is 5. The van der Waals surface area contributed by atoms with Crippen molar-refractivity contribution in [3.8, 4) is 5.75 Å². The van der Waals surface area contributed by atoms with E-state index in [9.17, 15) is 4.79 Å². The second-order valence-electron chi connectivity index (χ2n) is 4.94. The van der Waals surface area contributed by atoms with Gasteiger partial charge < -0.3 is 4.74 Å². The number of hydrogen-bond donors (Lipinski definition) is 0. The lowest BCUT2D eigenvalue weighted by Gasteiger charge is -2.11. The second kappa shape index (κ2) is 6.38.